The lowest BCUT2D eigenvalue weighted by Crippen LogP contribution is -2.52. The molecule has 2 fully saturated rings. The molecule has 1 aromatic rings. The maximum atomic E-state index is 12.3. The van der Waals surface area contributed by atoms with E-state index in [1.165, 1.54) is 12.8 Å². The van der Waals surface area contributed by atoms with Crippen LogP contribution < -0.4 is 5.73 Å². The molecule has 3 rings (SSSR count). The monoisotopic (exact) mass is 248 g/mol. The fourth-order valence-corrected chi connectivity index (χ4v) is 3.36. The first-order chi connectivity index (χ1) is 8.77. The molecule has 1 saturated heterocycles. The van der Waals surface area contributed by atoms with Gasteiger partial charge in [0.2, 0.25) is 5.91 Å². The molecular formula is C14H20N2O2. The second kappa shape index (κ2) is 4.76. The van der Waals surface area contributed by atoms with Crippen molar-refractivity contribution < 1.29 is 9.21 Å². The molecule has 4 nitrogen and oxygen atoms in total. The normalized spacial score (nSPS) is 30.1. The molecule has 1 aliphatic carbocycles. The number of piperidine rings is 1. The van der Waals surface area contributed by atoms with Crippen LogP contribution in [-0.2, 0) is 4.79 Å². The van der Waals surface area contributed by atoms with Gasteiger partial charge in [0.1, 0.15) is 11.8 Å². The van der Waals surface area contributed by atoms with Gasteiger partial charge in [0.25, 0.3) is 0 Å². The predicted octanol–water partition coefficient (Wildman–Crippen LogP) is 2.21. The molecule has 0 aromatic carbocycles. The molecular weight excluding hydrogens is 228 g/mol. The predicted molar refractivity (Wildman–Crippen MR) is 67.8 cm³/mol. The van der Waals surface area contributed by atoms with Crippen LogP contribution in [0, 0.1) is 0 Å². The Hall–Kier alpha value is -1.29. The van der Waals surface area contributed by atoms with Crippen molar-refractivity contribution in [2.45, 2.75) is 56.7 Å². The van der Waals surface area contributed by atoms with Gasteiger partial charge in [0, 0.05) is 18.5 Å². The fraction of sp³-hybridized carbons (Fsp3) is 0.643. The SMILES string of the molecule is NC1CCC(=O)N(C2CCCC2)C1c1ccco1. The summed E-state index contributed by atoms with van der Waals surface area (Å²) >= 11 is 0. The van der Waals surface area contributed by atoms with Crippen LogP contribution in [0.4, 0.5) is 0 Å². The molecule has 2 atom stereocenters. The van der Waals surface area contributed by atoms with Crippen molar-refractivity contribution in [3.8, 4) is 0 Å². The number of hydrogen-bond donors (Lipinski definition) is 1. The zero-order chi connectivity index (χ0) is 12.5. The summed E-state index contributed by atoms with van der Waals surface area (Å²) in [6, 6.07) is 4.09. The molecule has 1 saturated carbocycles. The van der Waals surface area contributed by atoms with E-state index in [9.17, 15) is 4.79 Å². The summed E-state index contributed by atoms with van der Waals surface area (Å²) in [5, 5.41) is 0. The van der Waals surface area contributed by atoms with Crippen molar-refractivity contribution in [3.63, 3.8) is 0 Å². The van der Waals surface area contributed by atoms with Crippen molar-refractivity contribution in [2.75, 3.05) is 0 Å². The number of carbonyl (C=O) groups excluding carboxylic acids is 1. The third-order valence-corrected chi connectivity index (χ3v) is 4.24. The minimum Gasteiger partial charge on any atom is -0.467 e. The van der Waals surface area contributed by atoms with Gasteiger partial charge in [-0.25, -0.2) is 0 Å². The van der Waals surface area contributed by atoms with Gasteiger partial charge in [-0.15, -0.1) is 0 Å². The topological polar surface area (TPSA) is 59.5 Å². The molecule has 4 heteroatoms. The molecule has 1 aliphatic heterocycles. The molecule has 2 aliphatic rings. The van der Waals surface area contributed by atoms with E-state index in [1.54, 1.807) is 6.26 Å². The van der Waals surface area contributed by atoms with E-state index in [1.807, 2.05) is 17.0 Å². The third-order valence-electron chi connectivity index (χ3n) is 4.24. The zero-order valence-electron chi connectivity index (χ0n) is 10.5. The van der Waals surface area contributed by atoms with Crippen LogP contribution in [0.25, 0.3) is 0 Å². The van der Waals surface area contributed by atoms with Crippen LogP contribution in [-0.4, -0.2) is 22.9 Å². The average Bonchev–Trinajstić information content (AvgIpc) is 3.02. The number of rotatable bonds is 2. The molecule has 18 heavy (non-hydrogen) atoms. The lowest BCUT2D eigenvalue weighted by molar-refractivity contribution is -0.141. The number of nitrogens with two attached hydrogens (primary N) is 1. The number of furan rings is 1. The third kappa shape index (κ3) is 1.94. The van der Waals surface area contributed by atoms with Crippen LogP contribution in [0.15, 0.2) is 22.8 Å². The van der Waals surface area contributed by atoms with Gasteiger partial charge >= 0.3 is 0 Å². The molecule has 1 amide bonds. The van der Waals surface area contributed by atoms with E-state index in [0.29, 0.717) is 12.5 Å². The summed E-state index contributed by atoms with van der Waals surface area (Å²) in [7, 11) is 0. The molecule has 98 valence electrons. The van der Waals surface area contributed by atoms with E-state index in [2.05, 4.69) is 0 Å². The molecule has 0 radical (unpaired) electrons. The zero-order valence-corrected chi connectivity index (χ0v) is 10.5. The first kappa shape index (κ1) is 11.8. The molecule has 2 N–H and O–H groups in total. The van der Waals surface area contributed by atoms with E-state index in [0.717, 1.165) is 25.0 Å². The molecule has 0 spiro atoms. The number of hydrogen-bond acceptors (Lipinski definition) is 3. The number of likely N-dealkylation sites (tertiary alicyclic amines) is 1. The first-order valence-electron chi connectivity index (χ1n) is 6.87. The maximum Gasteiger partial charge on any atom is 0.223 e. The Morgan fingerprint density at radius 1 is 1.28 bits per heavy atom. The van der Waals surface area contributed by atoms with E-state index in [4.69, 9.17) is 10.2 Å². The van der Waals surface area contributed by atoms with Crippen LogP contribution in [0.3, 0.4) is 0 Å². The minimum absolute atomic E-state index is 0.00514. The van der Waals surface area contributed by atoms with E-state index in [-0.39, 0.29) is 18.0 Å². The highest BCUT2D eigenvalue weighted by Gasteiger charge is 2.40. The van der Waals surface area contributed by atoms with Gasteiger partial charge < -0.3 is 15.1 Å². The second-order valence-corrected chi connectivity index (χ2v) is 5.40. The summed E-state index contributed by atoms with van der Waals surface area (Å²) in [4.78, 5) is 14.3. The summed E-state index contributed by atoms with van der Waals surface area (Å²) in [5.41, 5.74) is 6.24. The number of carbonyl (C=O) groups is 1. The van der Waals surface area contributed by atoms with Crippen molar-refractivity contribution in [1.82, 2.24) is 4.90 Å². The van der Waals surface area contributed by atoms with Gasteiger partial charge in [-0.1, -0.05) is 12.8 Å². The minimum atomic E-state index is -0.0654. The van der Waals surface area contributed by atoms with Crippen LogP contribution in [0.5, 0.6) is 0 Å². The summed E-state index contributed by atoms with van der Waals surface area (Å²) in [6.45, 7) is 0. The second-order valence-electron chi connectivity index (χ2n) is 5.40. The van der Waals surface area contributed by atoms with Crippen molar-refractivity contribution in [1.29, 1.82) is 0 Å². The van der Waals surface area contributed by atoms with Gasteiger partial charge in [-0.2, -0.15) is 0 Å². The Morgan fingerprint density at radius 3 is 2.72 bits per heavy atom. The Balaban J connectivity index is 1.91. The summed E-state index contributed by atoms with van der Waals surface area (Å²) in [6.07, 6.45) is 7.64. The Labute approximate surface area is 107 Å². The van der Waals surface area contributed by atoms with E-state index < -0.39 is 0 Å². The highest BCUT2D eigenvalue weighted by atomic mass is 16.3. The molecule has 2 unspecified atom stereocenters. The highest BCUT2D eigenvalue weighted by Crippen LogP contribution is 2.37. The fourth-order valence-electron chi connectivity index (χ4n) is 3.36. The van der Waals surface area contributed by atoms with Crippen molar-refractivity contribution in [2.24, 2.45) is 5.73 Å². The van der Waals surface area contributed by atoms with Crippen LogP contribution in [0.1, 0.15) is 50.3 Å². The lowest BCUT2D eigenvalue weighted by Gasteiger charge is -2.42. The van der Waals surface area contributed by atoms with Gasteiger partial charge in [-0.3, -0.25) is 4.79 Å². The highest BCUT2D eigenvalue weighted by molar-refractivity contribution is 5.78. The summed E-state index contributed by atoms with van der Waals surface area (Å²) in [5.74, 6) is 1.08. The molecule has 0 bridgehead atoms. The standard InChI is InChI=1S/C14H20N2O2/c15-11-7-8-13(17)16(10-4-1-2-5-10)14(11)12-6-3-9-18-12/h3,6,9-11,14H,1-2,4-5,7-8,15H2. The van der Waals surface area contributed by atoms with Gasteiger partial charge in [0.05, 0.1) is 6.26 Å². The quantitative estimate of drug-likeness (QED) is 0.873. The number of amides is 1. The maximum absolute atomic E-state index is 12.3. The summed E-state index contributed by atoms with van der Waals surface area (Å²) < 4.78 is 5.51. The Kier molecular flexibility index (Phi) is 3.12. The smallest absolute Gasteiger partial charge is 0.223 e. The average molecular weight is 248 g/mol. The number of nitrogens with zero attached hydrogens (tertiary/aromatic N) is 1. The van der Waals surface area contributed by atoms with Crippen LogP contribution >= 0.6 is 0 Å². The molecule has 1 aromatic heterocycles. The largest absolute Gasteiger partial charge is 0.467 e. The van der Waals surface area contributed by atoms with Crippen molar-refractivity contribution >= 4 is 5.91 Å². The van der Waals surface area contributed by atoms with Crippen molar-refractivity contribution in [3.05, 3.63) is 24.2 Å². The first-order valence-corrected chi connectivity index (χ1v) is 6.87. The lowest BCUT2D eigenvalue weighted by atomic mass is 9.92. The van der Waals surface area contributed by atoms with E-state index >= 15 is 0 Å². The molecule has 2 heterocycles. The van der Waals surface area contributed by atoms with Gasteiger partial charge in [-0.05, 0) is 31.4 Å². The Morgan fingerprint density at radius 2 is 2.06 bits per heavy atom. The van der Waals surface area contributed by atoms with Gasteiger partial charge in [0.15, 0.2) is 0 Å². The Bertz CT molecular complexity index is 409. The van der Waals surface area contributed by atoms with Crippen LogP contribution in [0.2, 0.25) is 0 Å².